The highest BCUT2D eigenvalue weighted by Gasteiger charge is 2.34. The van der Waals surface area contributed by atoms with Crippen molar-refractivity contribution in [3.63, 3.8) is 0 Å². The van der Waals surface area contributed by atoms with Crippen molar-refractivity contribution in [3.8, 4) is 5.75 Å². The van der Waals surface area contributed by atoms with Crippen molar-refractivity contribution >= 4 is 0 Å². The lowest BCUT2D eigenvalue weighted by atomic mass is 9.80. The summed E-state index contributed by atoms with van der Waals surface area (Å²) in [6, 6.07) is 5.37. The average molecular weight is 287 g/mol. The summed E-state index contributed by atoms with van der Waals surface area (Å²) in [7, 11) is 0. The third-order valence-corrected chi connectivity index (χ3v) is 4.01. The second-order valence-corrected chi connectivity index (χ2v) is 5.35. The summed E-state index contributed by atoms with van der Waals surface area (Å²) in [5, 5.41) is 0. The van der Waals surface area contributed by atoms with Crippen molar-refractivity contribution in [2.75, 3.05) is 13.2 Å². The van der Waals surface area contributed by atoms with E-state index in [1.807, 2.05) is 0 Å². The zero-order valence-corrected chi connectivity index (χ0v) is 11.3. The van der Waals surface area contributed by atoms with Gasteiger partial charge in [0, 0.05) is 0 Å². The van der Waals surface area contributed by atoms with E-state index < -0.39 is 11.7 Å². The maximum Gasteiger partial charge on any atom is 0.419 e. The van der Waals surface area contributed by atoms with Gasteiger partial charge in [-0.25, -0.2) is 0 Å². The second-order valence-electron chi connectivity index (χ2n) is 5.35. The summed E-state index contributed by atoms with van der Waals surface area (Å²) < 4.78 is 44.0. The molecule has 0 bridgehead atoms. The van der Waals surface area contributed by atoms with Crippen LogP contribution in [0.25, 0.3) is 0 Å². The van der Waals surface area contributed by atoms with Crippen molar-refractivity contribution in [2.45, 2.75) is 31.9 Å². The molecule has 2 nitrogen and oxygen atoms in total. The van der Waals surface area contributed by atoms with Crippen LogP contribution in [-0.4, -0.2) is 13.2 Å². The summed E-state index contributed by atoms with van der Waals surface area (Å²) in [6.07, 6.45) is -0.0964. The standard InChI is InChI=1S/C15H20F3NO/c16-15(17,18)13-7-3-4-8-14(13)20-10-12-6-2-1-5-11(12)9-19/h3-4,7-8,11-12H,1-2,5-6,9-10,19H2. The molecule has 0 aromatic heterocycles. The van der Waals surface area contributed by atoms with E-state index in [-0.39, 0.29) is 11.7 Å². The van der Waals surface area contributed by atoms with E-state index in [4.69, 9.17) is 10.5 Å². The quantitative estimate of drug-likeness (QED) is 0.913. The predicted molar refractivity (Wildman–Crippen MR) is 71.4 cm³/mol. The van der Waals surface area contributed by atoms with E-state index in [0.717, 1.165) is 31.7 Å². The molecule has 20 heavy (non-hydrogen) atoms. The van der Waals surface area contributed by atoms with Gasteiger partial charge < -0.3 is 10.5 Å². The maximum absolute atomic E-state index is 12.9. The van der Waals surface area contributed by atoms with Gasteiger partial charge in [-0.3, -0.25) is 0 Å². The molecule has 1 aliphatic rings. The fourth-order valence-corrected chi connectivity index (χ4v) is 2.84. The predicted octanol–water partition coefficient (Wildman–Crippen LogP) is 3.85. The van der Waals surface area contributed by atoms with Gasteiger partial charge in [0.1, 0.15) is 5.75 Å². The number of hydrogen-bond acceptors (Lipinski definition) is 2. The number of rotatable bonds is 4. The van der Waals surface area contributed by atoms with Gasteiger partial charge in [0.15, 0.2) is 0 Å². The summed E-state index contributed by atoms with van der Waals surface area (Å²) in [6.45, 7) is 0.893. The molecule has 5 heteroatoms. The van der Waals surface area contributed by atoms with Crippen molar-refractivity contribution in [3.05, 3.63) is 29.8 Å². The monoisotopic (exact) mass is 287 g/mol. The Morgan fingerprint density at radius 2 is 1.75 bits per heavy atom. The Balaban J connectivity index is 2.03. The molecule has 2 rings (SSSR count). The smallest absolute Gasteiger partial charge is 0.419 e. The molecule has 1 aromatic carbocycles. The molecule has 0 heterocycles. The Morgan fingerprint density at radius 1 is 1.10 bits per heavy atom. The van der Waals surface area contributed by atoms with Crippen LogP contribution in [0.5, 0.6) is 5.75 Å². The van der Waals surface area contributed by atoms with Gasteiger partial charge in [-0.05, 0) is 43.4 Å². The molecule has 1 saturated carbocycles. The van der Waals surface area contributed by atoms with Crippen LogP contribution in [0, 0.1) is 11.8 Å². The summed E-state index contributed by atoms with van der Waals surface area (Å²) >= 11 is 0. The van der Waals surface area contributed by atoms with E-state index in [2.05, 4.69) is 0 Å². The Morgan fingerprint density at radius 3 is 2.40 bits per heavy atom. The van der Waals surface area contributed by atoms with E-state index in [0.29, 0.717) is 19.1 Å². The minimum Gasteiger partial charge on any atom is -0.493 e. The molecule has 0 aliphatic heterocycles. The van der Waals surface area contributed by atoms with Gasteiger partial charge in [0.05, 0.1) is 12.2 Å². The summed E-state index contributed by atoms with van der Waals surface area (Å²) in [4.78, 5) is 0. The third-order valence-electron chi connectivity index (χ3n) is 4.01. The zero-order valence-electron chi connectivity index (χ0n) is 11.3. The minimum atomic E-state index is -4.38. The van der Waals surface area contributed by atoms with E-state index >= 15 is 0 Å². The lowest BCUT2D eigenvalue weighted by molar-refractivity contribution is -0.139. The molecule has 112 valence electrons. The fourth-order valence-electron chi connectivity index (χ4n) is 2.84. The van der Waals surface area contributed by atoms with Gasteiger partial charge in [-0.1, -0.05) is 25.0 Å². The van der Waals surface area contributed by atoms with Crippen LogP contribution < -0.4 is 10.5 Å². The zero-order chi connectivity index (χ0) is 14.6. The highest BCUT2D eigenvalue weighted by atomic mass is 19.4. The highest BCUT2D eigenvalue weighted by Crippen LogP contribution is 2.37. The van der Waals surface area contributed by atoms with Gasteiger partial charge in [-0.15, -0.1) is 0 Å². The van der Waals surface area contributed by atoms with Crippen LogP contribution in [0.3, 0.4) is 0 Å². The highest BCUT2D eigenvalue weighted by molar-refractivity contribution is 5.35. The topological polar surface area (TPSA) is 35.2 Å². The summed E-state index contributed by atoms with van der Waals surface area (Å²) in [5.74, 6) is 0.540. The van der Waals surface area contributed by atoms with E-state index in [9.17, 15) is 13.2 Å². The molecule has 1 fully saturated rings. The lowest BCUT2D eigenvalue weighted by Crippen LogP contribution is -2.31. The molecule has 0 saturated heterocycles. The maximum atomic E-state index is 12.9. The van der Waals surface area contributed by atoms with Crippen molar-refractivity contribution in [1.82, 2.24) is 0 Å². The molecular weight excluding hydrogens is 267 g/mol. The number of nitrogens with two attached hydrogens (primary N) is 1. The largest absolute Gasteiger partial charge is 0.493 e. The van der Waals surface area contributed by atoms with E-state index in [1.54, 1.807) is 6.07 Å². The third kappa shape index (κ3) is 3.66. The molecule has 0 spiro atoms. The van der Waals surface area contributed by atoms with Crippen LogP contribution in [0.4, 0.5) is 13.2 Å². The van der Waals surface area contributed by atoms with Crippen LogP contribution in [0.1, 0.15) is 31.2 Å². The summed E-state index contributed by atoms with van der Waals surface area (Å²) in [5.41, 5.74) is 5.02. The van der Waals surface area contributed by atoms with Crippen LogP contribution in [0.2, 0.25) is 0 Å². The van der Waals surface area contributed by atoms with Crippen molar-refractivity contribution < 1.29 is 17.9 Å². The number of para-hydroxylation sites is 1. The van der Waals surface area contributed by atoms with E-state index in [1.165, 1.54) is 12.1 Å². The SMILES string of the molecule is NCC1CCCCC1COc1ccccc1C(F)(F)F. The minimum absolute atomic E-state index is 0.0821. The van der Waals surface area contributed by atoms with Crippen molar-refractivity contribution in [1.29, 1.82) is 0 Å². The van der Waals surface area contributed by atoms with Gasteiger partial charge in [0.25, 0.3) is 0 Å². The Labute approximate surface area is 117 Å². The molecule has 2 N–H and O–H groups in total. The van der Waals surface area contributed by atoms with Crippen molar-refractivity contribution in [2.24, 2.45) is 17.6 Å². The average Bonchev–Trinajstić information content (AvgIpc) is 2.44. The number of hydrogen-bond donors (Lipinski definition) is 1. The Kier molecular flexibility index (Phi) is 4.91. The van der Waals surface area contributed by atoms with Crippen LogP contribution >= 0.6 is 0 Å². The molecule has 0 radical (unpaired) electrons. The first-order valence-electron chi connectivity index (χ1n) is 7.01. The van der Waals surface area contributed by atoms with Crippen LogP contribution in [-0.2, 0) is 6.18 Å². The van der Waals surface area contributed by atoms with Crippen LogP contribution in [0.15, 0.2) is 24.3 Å². The first-order valence-corrected chi connectivity index (χ1v) is 7.01. The lowest BCUT2D eigenvalue weighted by Gasteiger charge is -2.30. The first-order chi connectivity index (χ1) is 9.52. The Hall–Kier alpha value is -1.23. The molecule has 1 aliphatic carbocycles. The first kappa shape index (κ1) is 15.2. The molecule has 2 unspecified atom stereocenters. The second kappa shape index (κ2) is 6.48. The Bertz CT molecular complexity index is 433. The van der Waals surface area contributed by atoms with Gasteiger partial charge in [-0.2, -0.15) is 13.2 Å². The number of halogens is 3. The number of benzene rings is 1. The number of alkyl halides is 3. The molecule has 1 aromatic rings. The molecular formula is C15H20F3NO. The molecule has 0 amide bonds. The van der Waals surface area contributed by atoms with Gasteiger partial charge >= 0.3 is 6.18 Å². The van der Waals surface area contributed by atoms with Gasteiger partial charge in [0.2, 0.25) is 0 Å². The molecule has 2 atom stereocenters. The fraction of sp³-hybridized carbons (Fsp3) is 0.600. The number of ether oxygens (including phenoxy) is 1. The normalized spacial score (nSPS) is 23.6.